The van der Waals surface area contributed by atoms with E-state index in [2.05, 4.69) is 34.2 Å². The summed E-state index contributed by atoms with van der Waals surface area (Å²) < 4.78 is 0. The maximum absolute atomic E-state index is 11.9. The number of carbonyl (C=O) groups excluding carboxylic acids is 1. The predicted molar refractivity (Wildman–Crippen MR) is 77.8 cm³/mol. The Bertz CT molecular complexity index is 444. The molecule has 19 heavy (non-hydrogen) atoms. The lowest BCUT2D eigenvalue weighted by molar-refractivity contribution is -0.126. The van der Waals surface area contributed by atoms with Crippen LogP contribution in [0.25, 0.3) is 5.57 Å². The molecule has 1 fully saturated rings. The van der Waals surface area contributed by atoms with Crippen LogP contribution in [0, 0.1) is 0 Å². The second-order valence-corrected chi connectivity index (χ2v) is 4.77. The third kappa shape index (κ3) is 3.43. The van der Waals surface area contributed by atoms with E-state index in [1.165, 1.54) is 0 Å². The van der Waals surface area contributed by atoms with Gasteiger partial charge in [-0.3, -0.25) is 9.69 Å². The molecular weight excluding hydrogens is 238 g/mol. The van der Waals surface area contributed by atoms with Crippen molar-refractivity contribution in [1.82, 2.24) is 15.5 Å². The zero-order valence-corrected chi connectivity index (χ0v) is 11.4. The molecule has 0 bridgehead atoms. The van der Waals surface area contributed by atoms with Crippen molar-refractivity contribution in [3.05, 3.63) is 42.5 Å². The van der Waals surface area contributed by atoms with Crippen LogP contribution >= 0.6 is 0 Å². The molecule has 1 amide bonds. The lowest BCUT2D eigenvalue weighted by atomic mass is 10.1. The van der Waals surface area contributed by atoms with Crippen molar-refractivity contribution in [3.8, 4) is 0 Å². The highest BCUT2D eigenvalue weighted by molar-refractivity contribution is 5.82. The van der Waals surface area contributed by atoms with Crippen LogP contribution in [0.3, 0.4) is 0 Å². The Morgan fingerprint density at radius 1 is 1.47 bits per heavy atom. The molecule has 1 aliphatic rings. The van der Waals surface area contributed by atoms with Gasteiger partial charge in [0.25, 0.3) is 0 Å². The Labute approximate surface area is 114 Å². The summed E-state index contributed by atoms with van der Waals surface area (Å²) in [6, 6.07) is 10.0. The first kappa shape index (κ1) is 13.8. The lowest BCUT2D eigenvalue weighted by Gasteiger charge is -2.35. The van der Waals surface area contributed by atoms with Crippen molar-refractivity contribution < 1.29 is 4.79 Å². The molecule has 1 unspecified atom stereocenters. The van der Waals surface area contributed by atoms with Crippen LogP contribution in [0.5, 0.6) is 0 Å². The van der Waals surface area contributed by atoms with Crippen LogP contribution in [0.4, 0.5) is 0 Å². The first-order valence-corrected chi connectivity index (χ1v) is 6.62. The average molecular weight is 259 g/mol. The van der Waals surface area contributed by atoms with E-state index in [-0.39, 0.29) is 11.9 Å². The molecule has 0 radical (unpaired) electrons. The van der Waals surface area contributed by atoms with Crippen molar-refractivity contribution in [2.24, 2.45) is 0 Å². The number of hydrogen-bond donors (Lipinski definition) is 2. The van der Waals surface area contributed by atoms with Crippen LogP contribution in [-0.2, 0) is 4.79 Å². The highest BCUT2D eigenvalue weighted by Crippen LogP contribution is 2.15. The summed E-state index contributed by atoms with van der Waals surface area (Å²) in [6.45, 7) is 7.34. The average Bonchev–Trinajstić information content (AvgIpc) is 2.48. The molecule has 1 saturated heterocycles. The van der Waals surface area contributed by atoms with Gasteiger partial charge in [-0.25, -0.2) is 0 Å². The summed E-state index contributed by atoms with van der Waals surface area (Å²) in [5.41, 5.74) is 2.19. The standard InChI is InChI=1S/C15H21N3O/c1-12(13-6-4-3-5-7-13)11-18-9-8-17-10-14(18)15(19)16-2/h3-7,14,17H,1,8-11H2,2H3,(H,16,19). The third-order valence-electron chi connectivity index (χ3n) is 3.48. The predicted octanol–water partition coefficient (Wildman–Crippen LogP) is 0.720. The number of likely N-dealkylation sites (N-methyl/N-ethyl adjacent to an activating group) is 1. The third-order valence-corrected chi connectivity index (χ3v) is 3.48. The molecule has 1 atom stereocenters. The van der Waals surface area contributed by atoms with Gasteiger partial charge in [0.2, 0.25) is 5.91 Å². The number of nitrogens with zero attached hydrogens (tertiary/aromatic N) is 1. The minimum absolute atomic E-state index is 0.0630. The Morgan fingerprint density at radius 2 is 2.21 bits per heavy atom. The van der Waals surface area contributed by atoms with Gasteiger partial charge in [0.15, 0.2) is 0 Å². The van der Waals surface area contributed by atoms with Gasteiger partial charge in [0.1, 0.15) is 6.04 Å². The van der Waals surface area contributed by atoms with E-state index in [1.807, 2.05) is 18.2 Å². The van der Waals surface area contributed by atoms with E-state index < -0.39 is 0 Å². The first-order chi connectivity index (χ1) is 9.22. The van der Waals surface area contributed by atoms with Crippen molar-refractivity contribution in [3.63, 3.8) is 0 Å². The Kier molecular flexibility index (Phi) is 4.71. The largest absolute Gasteiger partial charge is 0.358 e. The molecule has 102 valence electrons. The second-order valence-electron chi connectivity index (χ2n) is 4.77. The quantitative estimate of drug-likeness (QED) is 0.837. The van der Waals surface area contributed by atoms with E-state index in [1.54, 1.807) is 7.05 Å². The number of amides is 1. The van der Waals surface area contributed by atoms with E-state index in [0.717, 1.165) is 30.8 Å². The summed E-state index contributed by atoms with van der Waals surface area (Å²) in [4.78, 5) is 14.1. The van der Waals surface area contributed by atoms with Crippen molar-refractivity contribution >= 4 is 11.5 Å². The molecule has 1 aromatic carbocycles. The van der Waals surface area contributed by atoms with E-state index in [9.17, 15) is 4.79 Å². The fourth-order valence-corrected chi connectivity index (χ4v) is 2.37. The first-order valence-electron chi connectivity index (χ1n) is 6.62. The normalized spacial score (nSPS) is 19.9. The summed E-state index contributed by atoms with van der Waals surface area (Å²) in [5, 5.41) is 5.99. The zero-order valence-electron chi connectivity index (χ0n) is 11.4. The molecule has 1 aromatic rings. The summed E-state index contributed by atoms with van der Waals surface area (Å²) in [7, 11) is 1.68. The molecule has 0 saturated carbocycles. The number of carbonyl (C=O) groups is 1. The molecule has 0 spiro atoms. The van der Waals surface area contributed by atoms with Crippen LogP contribution in [0.15, 0.2) is 36.9 Å². The minimum Gasteiger partial charge on any atom is -0.358 e. The molecule has 0 aromatic heterocycles. The van der Waals surface area contributed by atoms with Crippen LogP contribution in [0.1, 0.15) is 5.56 Å². The minimum atomic E-state index is -0.112. The fraction of sp³-hybridized carbons (Fsp3) is 0.400. The summed E-state index contributed by atoms with van der Waals surface area (Å²) >= 11 is 0. The number of piperazine rings is 1. The summed E-state index contributed by atoms with van der Waals surface area (Å²) in [5.74, 6) is 0.0630. The number of benzene rings is 1. The maximum atomic E-state index is 11.9. The highest BCUT2D eigenvalue weighted by atomic mass is 16.2. The summed E-state index contributed by atoms with van der Waals surface area (Å²) in [6.07, 6.45) is 0. The molecule has 4 nitrogen and oxygen atoms in total. The van der Waals surface area contributed by atoms with Gasteiger partial charge in [0, 0.05) is 33.2 Å². The van der Waals surface area contributed by atoms with Gasteiger partial charge < -0.3 is 10.6 Å². The van der Waals surface area contributed by atoms with Gasteiger partial charge in [-0.1, -0.05) is 36.9 Å². The Hall–Kier alpha value is -1.65. The number of nitrogens with one attached hydrogen (secondary N) is 2. The second kappa shape index (κ2) is 6.50. The molecule has 2 rings (SSSR count). The Balaban J connectivity index is 2.03. The van der Waals surface area contributed by atoms with Crippen molar-refractivity contribution in [1.29, 1.82) is 0 Å². The van der Waals surface area contributed by atoms with E-state index >= 15 is 0 Å². The van der Waals surface area contributed by atoms with E-state index in [0.29, 0.717) is 6.54 Å². The lowest BCUT2D eigenvalue weighted by Crippen LogP contribution is -2.57. The smallest absolute Gasteiger partial charge is 0.238 e. The maximum Gasteiger partial charge on any atom is 0.238 e. The van der Waals surface area contributed by atoms with Gasteiger partial charge >= 0.3 is 0 Å². The number of rotatable bonds is 4. The van der Waals surface area contributed by atoms with Gasteiger partial charge in [0.05, 0.1) is 0 Å². The van der Waals surface area contributed by atoms with Crippen LogP contribution in [0.2, 0.25) is 0 Å². The van der Waals surface area contributed by atoms with Crippen molar-refractivity contribution in [2.45, 2.75) is 6.04 Å². The van der Waals surface area contributed by atoms with Gasteiger partial charge in [-0.2, -0.15) is 0 Å². The molecule has 1 heterocycles. The van der Waals surface area contributed by atoms with Crippen molar-refractivity contribution in [2.75, 3.05) is 33.2 Å². The monoisotopic (exact) mass is 259 g/mol. The molecule has 1 aliphatic heterocycles. The molecule has 4 heteroatoms. The van der Waals surface area contributed by atoms with Crippen LogP contribution < -0.4 is 10.6 Å². The topological polar surface area (TPSA) is 44.4 Å². The molecule has 2 N–H and O–H groups in total. The van der Waals surface area contributed by atoms with Gasteiger partial charge in [-0.15, -0.1) is 0 Å². The Morgan fingerprint density at radius 3 is 2.89 bits per heavy atom. The molecule has 0 aliphatic carbocycles. The SMILES string of the molecule is C=C(CN1CCNCC1C(=O)NC)c1ccccc1. The fourth-order valence-electron chi connectivity index (χ4n) is 2.37. The number of hydrogen-bond acceptors (Lipinski definition) is 3. The van der Waals surface area contributed by atoms with Gasteiger partial charge in [-0.05, 0) is 11.1 Å². The molecular formula is C15H21N3O. The zero-order chi connectivity index (χ0) is 13.7. The highest BCUT2D eigenvalue weighted by Gasteiger charge is 2.27. The van der Waals surface area contributed by atoms with E-state index in [4.69, 9.17) is 0 Å². The van der Waals surface area contributed by atoms with Crippen LogP contribution in [-0.4, -0.2) is 50.1 Å².